The van der Waals surface area contributed by atoms with Crippen LogP contribution in [-0.4, -0.2) is 63.7 Å². The van der Waals surface area contributed by atoms with Crippen molar-refractivity contribution in [3.05, 3.63) is 54.1 Å². The average Bonchev–Trinajstić information content (AvgIpc) is 2.92. The first-order valence-electron chi connectivity index (χ1n) is 13.6. The number of anilines is 1. The highest BCUT2D eigenvalue weighted by molar-refractivity contribution is 7.92. The molecule has 0 unspecified atom stereocenters. The lowest BCUT2D eigenvalue weighted by Crippen LogP contribution is -2.53. The Morgan fingerprint density at radius 3 is 2.31 bits per heavy atom. The SMILES string of the molecule is CCOc1ccc(N(CC(=O)N(Cc2cccc(OC)c2)[C@@H](CC)C(=O)NC2CCCCC2)S(C)(=O)=O)cc1. The monoisotopic (exact) mass is 559 g/mol. The molecular formula is C29H41N3O6S. The minimum atomic E-state index is -3.81. The molecule has 2 aromatic rings. The van der Waals surface area contributed by atoms with Gasteiger partial charge >= 0.3 is 0 Å². The number of hydrogen-bond donors (Lipinski definition) is 1. The summed E-state index contributed by atoms with van der Waals surface area (Å²) < 4.78 is 37.5. The average molecular weight is 560 g/mol. The van der Waals surface area contributed by atoms with Gasteiger partial charge in [-0.1, -0.05) is 38.3 Å². The number of ether oxygens (including phenoxy) is 2. The van der Waals surface area contributed by atoms with E-state index in [1.807, 2.05) is 32.0 Å². The molecule has 0 aliphatic heterocycles. The van der Waals surface area contributed by atoms with E-state index in [1.165, 1.54) is 4.90 Å². The van der Waals surface area contributed by atoms with Gasteiger partial charge in [-0.15, -0.1) is 0 Å². The summed E-state index contributed by atoms with van der Waals surface area (Å²) in [5.41, 5.74) is 1.12. The van der Waals surface area contributed by atoms with Crippen molar-refractivity contribution in [1.82, 2.24) is 10.2 Å². The van der Waals surface area contributed by atoms with E-state index in [4.69, 9.17) is 9.47 Å². The fourth-order valence-electron chi connectivity index (χ4n) is 4.92. The van der Waals surface area contributed by atoms with E-state index in [-0.39, 0.29) is 18.5 Å². The summed E-state index contributed by atoms with van der Waals surface area (Å²) in [6.45, 7) is 3.89. The fraction of sp³-hybridized carbons (Fsp3) is 0.517. The Balaban J connectivity index is 1.91. The van der Waals surface area contributed by atoms with Crippen LogP contribution in [0.3, 0.4) is 0 Å². The summed E-state index contributed by atoms with van der Waals surface area (Å²) in [5.74, 6) is 0.549. The molecule has 214 valence electrons. The summed E-state index contributed by atoms with van der Waals surface area (Å²) in [4.78, 5) is 28.8. The van der Waals surface area contributed by atoms with Crippen LogP contribution in [0.4, 0.5) is 5.69 Å². The third-order valence-corrected chi connectivity index (χ3v) is 8.08. The predicted molar refractivity (Wildman–Crippen MR) is 152 cm³/mol. The number of nitrogens with zero attached hydrogens (tertiary/aromatic N) is 2. The molecule has 1 saturated carbocycles. The Labute approximate surface area is 232 Å². The summed E-state index contributed by atoms with van der Waals surface area (Å²) in [7, 11) is -2.24. The quantitative estimate of drug-likeness (QED) is 0.396. The van der Waals surface area contributed by atoms with Gasteiger partial charge in [-0.25, -0.2) is 8.42 Å². The van der Waals surface area contributed by atoms with Crippen molar-refractivity contribution in [3.8, 4) is 11.5 Å². The fourth-order valence-corrected chi connectivity index (χ4v) is 5.77. The molecule has 1 N–H and O–H groups in total. The maximum Gasteiger partial charge on any atom is 0.244 e. The minimum Gasteiger partial charge on any atom is -0.497 e. The number of rotatable bonds is 13. The molecule has 0 heterocycles. The van der Waals surface area contributed by atoms with E-state index in [9.17, 15) is 18.0 Å². The van der Waals surface area contributed by atoms with Crippen molar-refractivity contribution >= 4 is 27.5 Å². The van der Waals surface area contributed by atoms with Gasteiger partial charge in [0.1, 0.15) is 24.1 Å². The van der Waals surface area contributed by atoms with E-state index in [0.717, 1.165) is 48.2 Å². The number of amides is 2. The second kappa shape index (κ2) is 14.2. The van der Waals surface area contributed by atoms with Crippen molar-refractivity contribution in [2.45, 2.75) is 71.0 Å². The largest absolute Gasteiger partial charge is 0.497 e. The van der Waals surface area contributed by atoms with Gasteiger partial charge in [0, 0.05) is 12.6 Å². The summed E-state index contributed by atoms with van der Waals surface area (Å²) in [6, 6.07) is 13.2. The molecule has 2 aromatic carbocycles. The summed E-state index contributed by atoms with van der Waals surface area (Å²) in [6.07, 6.45) is 6.60. The molecule has 1 atom stereocenters. The van der Waals surface area contributed by atoms with Crippen LogP contribution in [0.2, 0.25) is 0 Å². The van der Waals surface area contributed by atoms with Crippen LogP contribution >= 0.6 is 0 Å². The van der Waals surface area contributed by atoms with Gasteiger partial charge in [0.25, 0.3) is 0 Å². The normalized spacial score (nSPS) is 14.8. The zero-order valence-corrected chi connectivity index (χ0v) is 24.2. The molecule has 9 nitrogen and oxygen atoms in total. The lowest BCUT2D eigenvalue weighted by molar-refractivity contribution is -0.140. The van der Waals surface area contributed by atoms with Crippen molar-refractivity contribution in [3.63, 3.8) is 0 Å². The number of hydrogen-bond acceptors (Lipinski definition) is 6. The Kier molecular flexibility index (Phi) is 11.0. The van der Waals surface area contributed by atoms with Gasteiger partial charge in [0.2, 0.25) is 21.8 Å². The third kappa shape index (κ3) is 8.61. The van der Waals surface area contributed by atoms with Crippen LogP contribution in [0.25, 0.3) is 0 Å². The van der Waals surface area contributed by atoms with E-state index < -0.39 is 28.5 Å². The van der Waals surface area contributed by atoms with Crippen molar-refractivity contribution in [1.29, 1.82) is 0 Å². The molecule has 0 bridgehead atoms. The highest BCUT2D eigenvalue weighted by Gasteiger charge is 2.33. The van der Waals surface area contributed by atoms with Gasteiger partial charge in [0.15, 0.2) is 0 Å². The Morgan fingerprint density at radius 2 is 1.72 bits per heavy atom. The topological polar surface area (TPSA) is 105 Å². The van der Waals surface area contributed by atoms with Gasteiger partial charge in [0.05, 0.1) is 25.7 Å². The number of carbonyl (C=O) groups is 2. The van der Waals surface area contributed by atoms with Crippen LogP contribution < -0.4 is 19.1 Å². The number of benzene rings is 2. The molecule has 10 heteroatoms. The standard InChI is InChI=1S/C29H41N3O6S/c1-5-27(29(34)30-23-12-8-7-9-13-23)31(20-22-11-10-14-26(19-22)37-3)28(33)21-32(39(4,35)36)24-15-17-25(18-16-24)38-6-2/h10-11,14-19,23,27H,5-9,12-13,20-21H2,1-4H3,(H,30,34)/t27-/m0/s1. The third-order valence-electron chi connectivity index (χ3n) is 6.94. The molecule has 39 heavy (non-hydrogen) atoms. The Hall–Kier alpha value is -3.27. The smallest absolute Gasteiger partial charge is 0.244 e. The number of carbonyl (C=O) groups excluding carboxylic acids is 2. The molecule has 0 spiro atoms. The van der Waals surface area contributed by atoms with Crippen molar-refractivity contribution in [2.75, 3.05) is 30.8 Å². The van der Waals surface area contributed by atoms with Gasteiger partial charge in [-0.05, 0) is 68.1 Å². The molecule has 3 rings (SSSR count). The molecule has 0 saturated heterocycles. The van der Waals surface area contributed by atoms with Crippen molar-refractivity contribution in [2.24, 2.45) is 0 Å². The molecule has 1 aliphatic rings. The van der Waals surface area contributed by atoms with Crippen LogP contribution in [0.1, 0.15) is 57.9 Å². The van der Waals surface area contributed by atoms with Crippen LogP contribution in [0, 0.1) is 0 Å². The zero-order chi connectivity index (χ0) is 28.4. The second-order valence-corrected chi connectivity index (χ2v) is 11.7. The first kappa shape index (κ1) is 30.3. The number of methoxy groups -OCH3 is 1. The van der Waals surface area contributed by atoms with Crippen LogP contribution in [-0.2, 0) is 26.2 Å². The van der Waals surface area contributed by atoms with E-state index in [2.05, 4.69) is 5.32 Å². The van der Waals surface area contributed by atoms with E-state index in [0.29, 0.717) is 30.2 Å². The number of nitrogens with one attached hydrogen (secondary N) is 1. The maximum atomic E-state index is 13.9. The van der Waals surface area contributed by atoms with Gasteiger partial charge < -0.3 is 19.7 Å². The van der Waals surface area contributed by atoms with Gasteiger partial charge in [-0.2, -0.15) is 0 Å². The first-order valence-corrected chi connectivity index (χ1v) is 15.4. The summed E-state index contributed by atoms with van der Waals surface area (Å²) in [5, 5.41) is 3.14. The highest BCUT2D eigenvalue weighted by atomic mass is 32.2. The number of sulfonamides is 1. The van der Waals surface area contributed by atoms with E-state index in [1.54, 1.807) is 37.4 Å². The maximum absolute atomic E-state index is 13.9. The molecule has 2 amide bonds. The second-order valence-electron chi connectivity index (χ2n) is 9.84. The lowest BCUT2D eigenvalue weighted by atomic mass is 9.95. The lowest BCUT2D eigenvalue weighted by Gasteiger charge is -2.34. The highest BCUT2D eigenvalue weighted by Crippen LogP contribution is 2.24. The van der Waals surface area contributed by atoms with Crippen LogP contribution in [0.15, 0.2) is 48.5 Å². The summed E-state index contributed by atoms with van der Waals surface area (Å²) >= 11 is 0. The van der Waals surface area contributed by atoms with E-state index >= 15 is 0 Å². The molecular weight excluding hydrogens is 518 g/mol. The van der Waals surface area contributed by atoms with Gasteiger partial charge in [-0.3, -0.25) is 13.9 Å². The van der Waals surface area contributed by atoms with Crippen LogP contribution in [0.5, 0.6) is 11.5 Å². The Bertz CT molecular complexity index is 1200. The molecule has 0 radical (unpaired) electrons. The Morgan fingerprint density at radius 1 is 1.03 bits per heavy atom. The predicted octanol–water partition coefficient (Wildman–Crippen LogP) is 4.12. The first-order chi connectivity index (χ1) is 18.7. The molecule has 0 aromatic heterocycles. The van der Waals surface area contributed by atoms with Crippen molar-refractivity contribution < 1.29 is 27.5 Å². The zero-order valence-electron chi connectivity index (χ0n) is 23.4. The molecule has 1 aliphatic carbocycles. The minimum absolute atomic E-state index is 0.0884. The molecule has 1 fully saturated rings.